The standard InChI is InChI=1S/C14H16N4O4S/c1-17-10-3-2-8(4-11(10)21-7-12(17)19)18-6-9(22-14(18)20)5-16-13(15)23/h2-4,9H,5-7H2,1H3,(H3,15,16,23)/t9-/m0/s1. The zero-order valence-corrected chi connectivity index (χ0v) is 13.3. The Kier molecular flexibility index (Phi) is 3.95. The first kappa shape index (κ1) is 15.3. The predicted octanol–water partition coefficient (Wildman–Crippen LogP) is 0.200. The van der Waals surface area contributed by atoms with E-state index in [1.165, 1.54) is 9.80 Å². The molecule has 0 unspecified atom stereocenters. The molecule has 2 amide bonds. The summed E-state index contributed by atoms with van der Waals surface area (Å²) < 4.78 is 10.7. The average Bonchev–Trinajstić information content (AvgIpc) is 2.90. The second-order valence-electron chi connectivity index (χ2n) is 5.25. The monoisotopic (exact) mass is 336 g/mol. The minimum Gasteiger partial charge on any atom is -0.481 e. The fourth-order valence-electron chi connectivity index (χ4n) is 2.49. The first-order valence-corrected chi connectivity index (χ1v) is 7.41. The van der Waals surface area contributed by atoms with Gasteiger partial charge in [0.15, 0.2) is 11.7 Å². The molecule has 9 heteroatoms. The van der Waals surface area contributed by atoms with Gasteiger partial charge >= 0.3 is 6.09 Å². The second-order valence-corrected chi connectivity index (χ2v) is 5.69. The van der Waals surface area contributed by atoms with Gasteiger partial charge in [-0.15, -0.1) is 0 Å². The second kappa shape index (κ2) is 5.92. The summed E-state index contributed by atoms with van der Waals surface area (Å²) in [5, 5.41) is 2.94. The van der Waals surface area contributed by atoms with E-state index in [4.69, 9.17) is 27.4 Å². The van der Waals surface area contributed by atoms with Crippen LogP contribution >= 0.6 is 12.2 Å². The van der Waals surface area contributed by atoms with E-state index in [0.717, 1.165) is 0 Å². The number of likely N-dealkylation sites (N-methyl/N-ethyl adjacent to an activating group) is 1. The Balaban J connectivity index is 1.76. The van der Waals surface area contributed by atoms with Crippen molar-refractivity contribution in [1.82, 2.24) is 5.32 Å². The molecule has 2 heterocycles. The molecule has 0 bridgehead atoms. The minimum atomic E-state index is -0.445. The number of hydrogen-bond acceptors (Lipinski definition) is 5. The van der Waals surface area contributed by atoms with Gasteiger partial charge in [0.05, 0.1) is 24.5 Å². The molecule has 1 aromatic carbocycles. The van der Waals surface area contributed by atoms with Crippen LogP contribution in [0.1, 0.15) is 0 Å². The SMILES string of the molecule is CN1C(=O)COc2cc(N3C[C@H](CNC(N)=S)OC3=O)ccc21. The van der Waals surface area contributed by atoms with Crippen molar-refractivity contribution in [3.8, 4) is 5.75 Å². The van der Waals surface area contributed by atoms with Crippen molar-refractivity contribution >= 4 is 40.7 Å². The smallest absolute Gasteiger partial charge is 0.414 e. The van der Waals surface area contributed by atoms with Crippen molar-refractivity contribution in [2.75, 3.05) is 36.5 Å². The van der Waals surface area contributed by atoms with Crippen LogP contribution in [0.3, 0.4) is 0 Å². The van der Waals surface area contributed by atoms with Crippen LogP contribution in [0.5, 0.6) is 5.75 Å². The molecule has 0 spiro atoms. The van der Waals surface area contributed by atoms with E-state index in [0.29, 0.717) is 30.2 Å². The fourth-order valence-corrected chi connectivity index (χ4v) is 2.57. The average molecular weight is 336 g/mol. The zero-order valence-electron chi connectivity index (χ0n) is 12.4. The van der Waals surface area contributed by atoms with E-state index in [1.54, 1.807) is 25.2 Å². The van der Waals surface area contributed by atoms with Gasteiger partial charge in [-0.25, -0.2) is 4.79 Å². The van der Waals surface area contributed by atoms with Crippen LogP contribution < -0.4 is 25.6 Å². The zero-order chi connectivity index (χ0) is 16.6. The highest BCUT2D eigenvalue weighted by molar-refractivity contribution is 7.80. The number of carbonyl (C=O) groups is 2. The summed E-state index contributed by atoms with van der Waals surface area (Å²) >= 11 is 4.73. The maximum atomic E-state index is 12.0. The number of fused-ring (bicyclic) bond motifs is 1. The number of rotatable bonds is 3. The number of amides is 2. The molecule has 0 radical (unpaired) electrons. The Labute approximate surface area is 138 Å². The highest BCUT2D eigenvalue weighted by Gasteiger charge is 2.33. The van der Waals surface area contributed by atoms with Crippen LogP contribution in [0.15, 0.2) is 18.2 Å². The molecule has 3 rings (SSSR count). The third-order valence-corrected chi connectivity index (χ3v) is 3.86. The number of anilines is 2. The number of hydrogen-bond donors (Lipinski definition) is 2. The molecule has 3 N–H and O–H groups in total. The summed E-state index contributed by atoms with van der Waals surface area (Å²) in [6, 6.07) is 5.22. The molecule has 23 heavy (non-hydrogen) atoms. The Morgan fingerprint density at radius 1 is 1.48 bits per heavy atom. The third-order valence-electron chi connectivity index (χ3n) is 3.72. The van der Waals surface area contributed by atoms with Gasteiger partial charge in [-0.2, -0.15) is 0 Å². The molecule has 2 aliphatic rings. The number of benzene rings is 1. The molecule has 0 aromatic heterocycles. The van der Waals surface area contributed by atoms with Crippen molar-refractivity contribution in [3.63, 3.8) is 0 Å². The Morgan fingerprint density at radius 3 is 3.00 bits per heavy atom. The molecule has 0 saturated carbocycles. The highest BCUT2D eigenvalue weighted by Crippen LogP contribution is 2.35. The topological polar surface area (TPSA) is 97.1 Å². The van der Waals surface area contributed by atoms with E-state index in [9.17, 15) is 9.59 Å². The van der Waals surface area contributed by atoms with Gasteiger partial charge in [0.25, 0.3) is 5.91 Å². The van der Waals surface area contributed by atoms with Crippen molar-refractivity contribution < 1.29 is 19.1 Å². The number of nitrogens with zero attached hydrogens (tertiary/aromatic N) is 2. The van der Waals surface area contributed by atoms with E-state index in [1.807, 2.05) is 0 Å². The van der Waals surface area contributed by atoms with E-state index >= 15 is 0 Å². The normalized spacial score (nSPS) is 20.0. The number of ether oxygens (including phenoxy) is 2. The summed E-state index contributed by atoms with van der Waals surface area (Å²) in [6.07, 6.45) is -0.787. The fraction of sp³-hybridized carbons (Fsp3) is 0.357. The molecule has 1 atom stereocenters. The molecule has 1 fully saturated rings. The van der Waals surface area contributed by atoms with Gasteiger partial charge in [0.1, 0.15) is 11.9 Å². The van der Waals surface area contributed by atoms with Crippen LogP contribution in [-0.4, -0.2) is 50.0 Å². The highest BCUT2D eigenvalue weighted by atomic mass is 32.1. The van der Waals surface area contributed by atoms with Crippen LogP contribution in [0.25, 0.3) is 0 Å². The minimum absolute atomic E-state index is 0.0160. The summed E-state index contributed by atoms with van der Waals surface area (Å²) in [5.74, 6) is 0.442. The number of carbonyl (C=O) groups excluding carboxylic acids is 2. The summed E-state index contributed by atoms with van der Waals surface area (Å²) in [4.78, 5) is 26.7. The van der Waals surface area contributed by atoms with Gasteiger partial charge in [0, 0.05) is 13.1 Å². The van der Waals surface area contributed by atoms with Gasteiger partial charge in [0.2, 0.25) is 0 Å². The van der Waals surface area contributed by atoms with Crippen molar-refractivity contribution in [2.24, 2.45) is 5.73 Å². The van der Waals surface area contributed by atoms with E-state index in [2.05, 4.69) is 5.32 Å². The molecule has 0 aliphatic carbocycles. The molecular formula is C14H16N4O4S. The van der Waals surface area contributed by atoms with Crippen molar-refractivity contribution in [1.29, 1.82) is 0 Å². The van der Waals surface area contributed by atoms with E-state index < -0.39 is 6.09 Å². The Hall–Kier alpha value is -2.55. The quantitative estimate of drug-likeness (QED) is 0.761. The number of nitrogens with two attached hydrogens (primary N) is 1. The number of nitrogens with one attached hydrogen (secondary N) is 1. The molecule has 8 nitrogen and oxygen atoms in total. The lowest BCUT2D eigenvalue weighted by Gasteiger charge is -2.27. The van der Waals surface area contributed by atoms with Gasteiger partial charge < -0.3 is 25.4 Å². The molecular weight excluding hydrogens is 320 g/mol. The maximum Gasteiger partial charge on any atom is 0.414 e. The van der Waals surface area contributed by atoms with Crippen LogP contribution in [0, 0.1) is 0 Å². The molecule has 1 aromatic rings. The lowest BCUT2D eigenvalue weighted by atomic mass is 10.2. The van der Waals surface area contributed by atoms with Crippen LogP contribution in [0.4, 0.5) is 16.2 Å². The maximum absolute atomic E-state index is 12.0. The van der Waals surface area contributed by atoms with Crippen molar-refractivity contribution in [2.45, 2.75) is 6.10 Å². The number of cyclic esters (lactones) is 1. The summed E-state index contributed by atoms with van der Waals surface area (Å²) in [5.41, 5.74) is 6.69. The summed E-state index contributed by atoms with van der Waals surface area (Å²) in [6.45, 7) is 0.718. The lowest BCUT2D eigenvalue weighted by Crippen LogP contribution is -2.37. The Bertz CT molecular complexity index is 681. The van der Waals surface area contributed by atoms with Gasteiger partial charge in [-0.3, -0.25) is 9.69 Å². The summed E-state index contributed by atoms with van der Waals surface area (Å²) in [7, 11) is 1.69. The first-order valence-electron chi connectivity index (χ1n) is 7.00. The molecule has 1 saturated heterocycles. The van der Waals surface area contributed by atoms with Gasteiger partial charge in [-0.05, 0) is 24.4 Å². The third kappa shape index (κ3) is 3.00. The molecule has 2 aliphatic heterocycles. The lowest BCUT2D eigenvalue weighted by molar-refractivity contribution is -0.120. The van der Waals surface area contributed by atoms with Crippen LogP contribution in [0.2, 0.25) is 0 Å². The molecule has 122 valence electrons. The first-order chi connectivity index (χ1) is 11.0. The Morgan fingerprint density at radius 2 is 2.26 bits per heavy atom. The number of thiocarbonyl (C=S) groups is 1. The largest absolute Gasteiger partial charge is 0.481 e. The van der Waals surface area contributed by atoms with Crippen molar-refractivity contribution in [3.05, 3.63) is 18.2 Å². The van der Waals surface area contributed by atoms with Crippen LogP contribution in [-0.2, 0) is 9.53 Å². The van der Waals surface area contributed by atoms with E-state index in [-0.39, 0.29) is 23.7 Å². The van der Waals surface area contributed by atoms with Gasteiger partial charge in [-0.1, -0.05) is 0 Å². The predicted molar refractivity (Wildman–Crippen MR) is 87.8 cm³/mol.